The van der Waals surface area contributed by atoms with Crippen LogP contribution in [0.3, 0.4) is 0 Å². The van der Waals surface area contributed by atoms with Crippen molar-refractivity contribution in [3.05, 3.63) is 29.6 Å². The fourth-order valence-electron chi connectivity index (χ4n) is 2.47. The Kier molecular flexibility index (Phi) is 3.66. The van der Waals surface area contributed by atoms with Crippen molar-refractivity contribution in [3.8, 4) is 5.75 Å². The van der Waals surface area contributed by atoms with E-state index in [-0.39, 0.29) is 18.0 Å². The number of carbonyl (C=O) groups is 1. The third-order valence-corrected chi connectivity index (χ3v) is 3.63. The molecule has 2 N–H and O–H groups in total. The molecule has 2 rings (SSSR count). The molecule has 0 aromatic heterocycles. The minimum atomic E-state index is -0.698. The molecule has 1 aromatic rings. The van der Waals surface area contributed by atoms with E-state index >= 15 is 0 Å². The summed E-state index contributed by atoms with van der Waals surface area (Å²) in [5.41, 5.74) is 6.03. The van der Waals surface area contributed by atoms with Crippen LogP contribution >= 0.6 is 0 Å². The van der Waals surface area contributed by atoms with Crippen LogP contribution in [0.5, 0.6) is 5.75 Å². The average molecular weight is 251 g/mol. The molecule has 0 aliphatic heterocycles. The van der Waals surface area contributed by atoms with E-state index in [0.717, 1.165) is 25.7 Å². The van der Waals surface area contributed by atoms with Gasteiger partial charge >= 0.3 is 0 Å². The summed E-state index contributed by atoms with van der Waals surface area (Å²) in [7, 11) is 1.41. The predicted molar refractivity (Wildman–Crippen MR) is 67.0 cm³/mol. The van der Waals surface area contributed by atoms with Crippen LogP contribution in [0.25, 0.3) is 0 Å². The smallest absolute Gasteiger partial charge is 0.165 e. The van der Waals surface area contributed by atoms with Crippen LogP contribution in [0.1, 0.15) is 31.2 Å². The second-order valence-electron chi connectivity index (χ2n) is 4.93. The standard InChI is InChI=1S/C14H18FNO2/c1-18-12-5-4-10(8-11(12)15)9-13(17)14(16)6-2-3-7-14/h4-5,8H,2-3,6-7,9,16H2,1H3. The minimum absolute atomic E-state index is 0.00423. The molecule has 4 heteroatoms. The van der Waals surface area contributed by atoms with Crippen LogP contribution < -0.4 is 10.5 Å². The number of benzene rings is 1. The summed E-state index contributed by atoms with van der Waals surface area (Å²) in [6.45, 7) is 0. The third kappa shape index (κ3) is 2.53. The highest BCUT2D eigenvalue weighted by atomic mass is 19.1. The number of hydrogen-bond donors (Lipinski definition) is 1. The van der Waals surface area contributed by atoms with Gasteiger partial charge in [-0.25, -0.2) is 4.39 Å². The molecule has 1 saturated carbocycles. The van der Waals surface area contributed by atoms with Gasteiger partial charge in [0.1, 0.15) is 0 Å². The molecular formula is C14H18FNO2. The molecule has 0 heterocycles. The monoisotopic (exact) mass is 251 g/mol. The molecule has 1 aliphatic rings. The molecule has 0 radical (unpaired) electrons. The maximum absolute atomic E-state index is 13.5. The first-order valence-corrected chi connectivity index (χ1v) is 6.20. The van der Waals surface area contributed by atoms with Crippen molar-refractivity contribution in [1.29, 1.82) is 0 Å². The Morgan fingerprint density at radius 1 is 1.44 bits per heavy atom. The van der Waals surface area contributed by atoms with E-state index in [1.54, 1.807) is 6.07 Å². The topological polar surface area (TPSA) is 52.3 Å². The Morgan fingerprint density at radius 2 is 2.11 bits per heavy atom. The summed E-state index contributed by atoms with van der Waals surface area (Å²) >= 11 is 0. The first-order chi connectivity index (χ1) is 8.55. The molecule has 1 aliphatic carbocycles. The summed E-state index contributed by atoms with van der Waals surface area (Å²) in [5.74, 6) is -0.251. The first kappa shape index (κ1) is 13.0. The largest absolute Gasteiger partial charge is 0.494 e. The van der Waals surface area contributed by atoms with E-state index < -0.39 is 11.4 Å². The molecule has 98 valence electrons. The van der Waals surface area contributed by atoms with Gasteiger partial charge in [-0.05, 0) is 30.5 Å². The molecule has 3 nitrogen and oxygen atoms in total. The number of Topliss-reactive ketones (excluding diaryl/α,β-unsaturated/α-hetero) is 1. The number of ketones is 1. The zero-order chi connectivity index (χ0) is 13.2. The SMILES string of the molecule is COc1ccc(CC(=O)C2(N)CCCC2)cc1F. The molecular weight excluding hydrogens is 233 g/mol. The highest BCUT2D eigenvalue weighted by Gasteiger charge is 2.36. The van der Waals surface area contributed by atoms with Gasteiger partial charge in [0, 0.05) is 6.42 Å². The van der Waals surface area contributed by atoms with Gasteiger partial charge in [0.15, 0.2) is 17.3 Å². The lowest BCUT2D eigenvalue weighted by atomic mass is 9.89. The zero-order valence-corrected chi connectivity index (χ0v) is 10.5. The Hall–Kier alpha value is -1.42. The molecule has 1 fully saturated rings. The number of rotatable bonds is 4. The fraction of sp³-hybridized carbons (Fsp3) is 0.500. The highest BCUT2D eigenvalue weighted by molar-refractivity contribution is 5.90. The Morgan fingerprint density at radius 3 is 2.67 bits per heavy atom. The van der Waals surface area contributed by atoms with Crippen molar-refractivity contribution in [2.45, 2.75) is 37.6 Å². The molecule has 1 aromatic carbocycles. The summed E-state index contributed by atoms with van der Waals surface area (Å²) in [4.78, 5) is 12.1. The van der Waals surface area contributed by atoms with Crippen molar-refractivity contribution in [3.63, 3.8) is 0 Å². The maximum Gasteiger partial charge on any atom is 0.165 e. The minimum Gasteiger partial charge on any atom is -0.494 e. The van der Waals surface area contributed by atoms with Crippen LogP contribution in [0.15, 0.2) is 18.2 Å². The van der Waals surface area contributed by atoms with E-state index in [9.17, 15) is 9.18 Å². The van der Waals surface area contributed by atoms with Crippen LogP contribution in [-0.2, 0) is 11.2 Å². The summed E-state index contributed by atoms with van der Waals surface area (Å²) < 4.78 is 18.3. The number of ether oxygens (including phenoxy) is 1. The zero-order valence-electron chi connectivity index (χ0n) is 10.5. The fourth-order valence-corrected chi connectivity index (χ4v) is 2.47. The molecule has 0 amide bonds. The first-order valence-electron chi connectivity index (χ1n) is 6.20. The quantitative estimate of drug-likeness (QED) is 0.892. The van der Waals surface area contributed by atoms with Gasteiger partial charge in [0.2, 0.25) is 0 Å². The van der Waals surface area contributed by atoms with Gasteiger partial charge in [-0.3, -0.25) is 4.79 Å². The number of nitrogens with two attached hydrogens (primary N) is 1. The van der Waals surface area contributed by atoms with Gasteiger partial charge in [0.05, 0.1) is 12.6 Å². The van der Waals surface area contributed by atoms with Gasteiger partial charge in [0.25, 0.3) is 0 Å². The molecule has 0 unspecified atom stereocenters. The van der Waals surface area contributed by atoms with Gasteiger partial charge < -0.3 is 10.5 Å². The van der Waals surface area contributed by atoms with Gasteiger partial charge in [-0.1, -0.05) is 18.9 Å². The number of hydrogen-bond acceptors (Lipinski definition) is 3. The van der Waals surface area contributed by atoms with E-state index in [0.29, 0.717) is 5.56 Å². The molecule has 0 spiro atoms. The van der Waals surface area contributed by atoms with E-state index in [2.05, 4.69) is 0 Å². The molecule has 0 atom stereocenters. The Balaban J connectivity index is 2.09. The van der Waals surface area contributed by atoms with E-state index in [1.807, 2.05) is 0 Å². The lowest BCUT2D eigenvalue weighted by molar-refractivity contribution is -0.123. The summed E-state index contributed by atoms with van der Waals surface area (Å²) in [6, 6.07) is 4.59. The molecule has 18 heavy (non-hydrogen) atoms. The second-order valence-corrected chi connectivity index (χ2v) is 4.93. The molecule has 0 bridgehead atoms. The number of halogens is 1. The lowest BCUT2D eigenvalue weighted by Gasteiger charge is -2.21. The lowest BCUT2D eigenvalue weighted by Crippen LogP contribution is -2.46. The van der Waals surface area contributed by atoms with Gasteiger partial charge in [-0.15, -0.1) is 0 Å². The second kappa shape index (κ2) is 5.06. The van der Waals surface area contributed by atoms with Crippen molar-refractivity contribution in [1.82, 2.24) is 0 Å². The average Bonchev–Trinajstić information content (AvgIpc) is 2.78. The Bertz CT molecular complexity index is 453. The third-order valence-electron chi connectivity index (χ3n) is 3.63. The highest BCUT2D eigenvalue weighted by Crippen LogP contribution is 2.29. The van der Waals surface area contributed by atoms with Crippen molar-refractivity contribution in [2.75, 3.05) is 7.11 Å². The normalized spacial score (nSPS) is 17.7. The van der Waals surface area contributed by atoms with Crippen LogP contribution in [0.2, 0.25) is 0 Å². The summed E-state index contributed by atoms with van der Waals surface area (Å²) in [6.07, 6.45) is 3.67. The predicted octanol–water partition coefficient (Wildman–Crippen LogP) is 2.22. The number of carbonyl (C=O) groups excluding carboxylic acids is 1. The van der Waals surface area contributed by atoms with E-state index in [4.69, 9.17) is 10.5 Å². The van der Waals surface area contributed by atoms with Gasteiger partial charge in [-0.2, -0.15) is 0 Å². The Labute approximate surface area is 106 Å². The maximum atomic E-state index is 13.5. The summed E-state index contributed by atoms with van der Waals surface area (Å²) in [5, 5.41) is 0. The van der Waals surface area contributed by atoms with E-state index in [1.165, 1.54) is 19.2 Å². The van der Waals surface area contributed by atoms with Crippen LogP contribution in [0, 0.1) is 5.82 Å². The molecule has 0 saturated heterocycles. The van der Waals surface area contributed by atoms with Crippen molar-refractivity contribution in [2.24, 2.45) is 5.73 Å². The number of methoxy groups -OCH3 is 1. The van der Waals surface area contributed by atoms with Crippen LogP contribution in [-0.4, -0.2) is 18.4 Å². The van der Waals surface area contributed by atoms with Crippen molar-refractivity contribution < 1.29 is 13.9 Å². The van der Waals surface area contributed by atoms with Crippen LogP contribution in [0.4, 0.5) is 4.39 Å². The van der Waals surface area contributed by atoms with Crippen molar-refractivity contribution >= 4 is 5.78 Å².